The predicted molar refractivity (Wildman–Crippen MR) is 98.8 cm³/mol. The van der Waals surface area contributed by atoms with E-state index in [1.165, 1.54) is 4.88 Å². The van der Waals surface area contributed by atoms with E-state index in [-0.39, 0.29) is 5.91 Å². The fourth-order valence-electron chi connectivity index (χ4n) is 2.95. The van der Waals surface area contributed by atoms with Crippen molar-refractivity contribution in [3.63, 3.8) is 0 Å². The molecule has 1 aromatic carbocycles. The third kappa shape index (κ3) is 4.66. The Morgan fingerprint density at radius 3 is 2.70 bits per heavy atom. The number of benzene rings is 1. The van der Waals surface area contributed by atoms with Crippen LogP contribution in [-0.4, -0.2) is 30.4 Å². The van der Waals surface area contributed by atoms with E-state index in [9.17, 15) is 4.79 Å². The van der Waals surface area contributed by atoms with Gasteiger partial charge in [-0.15, -0.1) is 11.3 Å². The number of nitrogens with zero attached hydrogens (tertiary/aromatic N) is 1. The van der Waals surface area contributed by atoms with Gasteiger partial charge in [0.15, 0.2) is 0 Å². The third-order valence-corrected chi connectivity index (χ3v) is 5.89. The highest BCUT2D eigenvalue weighted by molar-refractivity contribution is 9.10. The van der Waals surface area contributed by atoms with Gasteiger partial charge in [0, 0.05) is 22.4 Å². The Bertz CT molecular complexity index is 636. The van der Waals surface area contributed by atoms with Gasteiger partial charge in [-0.25, -0.2) is 0 Å². The van der Waals surface area contributed by atoms with Gasteiger partial charge in [0.25, 0.3) is 5.91 Å². The van der Waals surface area contributed by atoms with Crippen LogP contribution in [0.1, 0.15) is 28.1 Å². The number of halogens is 1. The molecule has 0 bridgehead atoms. The molecule has 0 spiro atoms. The molecule has 0 saturated carbocycles. The van der Waals surface area contributed by atoms with Crippen molar-refractivity contribution in [2.75, 3.05) is 19.6 Å². The molecule has 3 rings (SSSR count). The summed E-state index contributed by atoms with van der Waals surface area (Å²) in [7, 11) is 0. The van der Waals surface area contributed by atoms with Gasteiger partial charge in [-0.2, -0.15) is 0 Å². The maximum atomic E-state index is 12.2. The number of rotatable bonds is 5. The van der Waals surface area contributed by atoms with E-state index in [0.717, 1.165) is 43.5 Å². The number of nitrogens with one attached hydrogen (secondary N) is 1. The number of hydrogen-bond donors (Lipinski definition) is 1. The average Bonchev–Trinajstić information content (AvgIpc) is 3.07. The summed E-state index contributed by atoms with van der Waals surface area (Å²) in [5.74, 6) is 0.597. The quantitative estimate of drug-likeness (QED) is 0.828. The number of thiophene rings is 1. The standard InChI is InChI=1S/C18H21BrN2OS/c19-17-6-2-1-5-16(17)18(22)20-12-14-7-9-21(10-8-14)13-15-4-3-11-23-15/h1-6,11,14H,7-10,12-13H2,(H,20,22). The fourth-order valence-corrected chi connectivity index (χ4v) is 4.16. The minimum absolute atomic E-state index is 0.0125. The molecule has 1 aliphatic heterocycles. The topological polar surface area (TPSA) is 32.3 Å². The van der Waals surface area contributed by atoms with E-state index in [1.54, 1.807) is 0 Å². The van der Waals surface area contributed by atoms with Crippen LogP contribution in [-0.2, 0) is 6.54 Å². The van der Waals surface area contributed by atoms with Gasteiger partial charge in [0.1, 0.15) is 0 Å². The van der Waals surface area contributed by atoms with Crippen LogP contribution in [0, 0.1) is 5.92 Å². The van der Waals surface area contributed by atoms with Crippen LogP contribution >= 0.6 is 27.3 Å². The largest absolute Gasteiger partial charge is 0.352 e. The van der Waals surface area contributed by atoms with Crippen molar-refractivity contribution in [2.45, 2.75) is 19.4 Å². The van der Waals surface area contributed by atoms with Crippen molar-refractivity contribution in [1.82, 2.24) is 10.2 Å². The van der Waals surface area contributed by atoms with Gasteiger partial charge in [-0.3, -0.25) is 9.69 Å². The van der Waals surface area contributed by atoms with Crippen LogP contribution in [0.2, 0.25) is 0 Å². The van der Waals surface area contributed by atoms with Gasteiger partial charge in [0.2, 0.25) is 0 Å². The maximum Gasteiger partial charge on any atom is 0.252 e. The summed E-state index contributed by atoms with van der Waals surface area (Å²) in [5.41, 5.74) is 0.711. The van der Waals surface area contributed by atoms with E-state index < -0.39 is 0 Å². The first kappa shape index (κ1) is 16.7. The molecule has 0 unspecified atom stereocenters. The second kappa shape index (κ2) is 8.08. The summed E-state index contributed by atoms with van der Waals surface area (Å²) in [6, 6.07) is 11.9. The van der Waals surface area contributed by atoms with Crippen LogP contribution in [0.15, 0.2) is 46.3 Å². The van der Waals surface area contributed by atoms with Gasteiger partial charge in [-0.1, -0.05) is 18.2 Å². The van der Waals surface area contributed by atoms with E-state index in [1.807, 2.05) is 35.6 Å². The van der Waals surface area contributed by atoms with Crippen LogP contribution in [0.4, 0.5) is 0 Å². The lowest BCUT2D eigenvalue weighted by atomic mass is 9.96. The molecule has 5 heteroatoms. The number of hydrogen-bond acceptors (Lipinski definition) is 3. The first-order chi connectivity index (χ1) is 11.2. The number of likely N-dealkylation sites (tertiary alicyclic amines) is 1. The van der Waals surface area contributed by atoms with E-state index in [2.05, 4.69) is 43.7 Å². The lowest BCUT2D eigenvalue weighted by Crippen LogP contribution is -2.38. The number of amides is 1. The Hall–Kier alpha value is -1.17. The zero-order valence-electron chi connectivity index (χ0n) is 13.0. The SMILES string of the molecule is O=C(NCC1CCN(Cc2cccs2)CC1)c1ccccc1Br. The predicted octanol–water partition coefficient (Wildman–Crippen LogP) is 4.15. The average molecular weight is 393 g/mol. The minimum atomic E-state index is 0.0125. The van der Waals surface area contributed by atoms with Gasteiger partial charge >= 0.3 is 0 Å². The van der Waals surface area contributed by atoms with Crippen molar-refractivity contribution < 1.29 is 4.79 Å². The molecule has 122 valence electrons. The first-order valence-electron chi connectivity index (χ1n) is 8.00. The Kier molecular flexibility index (Phi) is 5.86. The molecule has 0 radical (unpaired) electrons. The number of carbonyl (C=O) groups excluding carboxylic acids is 1. The highest BCUT2D eigenvalue weighted by Crippen LogP contribution is 2.21. The Morgan fingerprint density at radius 1 is 1.22 bits per heavy atom. The first-order valence-corrected chi connectivity index (χ1v) is 9.67. The lowest BCUT2D eigenvalue weighted by Gasteiger charge is -2.31. The molecule has 2 heterocycles. The molecule has 1 N–H and O–H groups in total. The Labute approximate surface area is 149 Å². The molecule has 1 fully saturated rings. The Morgan fingerprint density at radius 2 is 2.00 bits per heavy atom. The van der Waals surface area contributed by atoms with E-state index in [4.69, 9.17) is 0 Å². The molecule has 0 atom stereocenters. The summed E-state index contributed by atoms with van der Waals surface area (Å²) >= 11 is 5.26. The van der Waals surface area contributed by atoms with Crippen molar-refractivity contribution in [2.24, 2.45) is 5.92 Å². The van der Waals surface area contributed by atoms with Gasteiger partial charge in [-0.05, 0) is 71.4 Å². The lowest BCUT2D eigenvalue weighted by molar-refractivity contribution is 0.0934. The van der Waals surface area contributed by atoms with E-state index >= 15 is 0 Å². The van der Waals surface area contributed by atoms with E-state index in [0.29, 0.717) is 11.5 Å². The molecular weight excluding hydrogens is 372 g/mol. The van der Waals surface area contributed by atoms with Crippen LogP contribution < -0.4 is 5.32 Å². The number of piperidine rings is 1. The molecule has 3 nitrogen and oxygen atoms in total. The molecular formula is C18H21BrN2OS. The van der Waals surface area contributed by atoms with Crippen LogP contribution in [0.3, 0.4) is 0 Å². The van der Waals surface area contributed by atoms with Crippen molar-refractivity contribution in [1.29, 1.82) is 0 Å². The second-order valence-electron chi connectivity index (χ2n) is 5.99. The molecule has 1 amide bonds. The smallest absolute Gasteiger partial charge is 0.252 e. The highest BCUT2D eigenvalue weighted by Gasteiger charge is 2.20. The molecule has 1 saturated heterocycles. The summed E-state index contributed by atoms with van der Waals surface area (Å²) in [6.07, 6.45) is 2.31. The second-order valence-corrected chi connectivity index (χ2v) is 7.88. The van der Waals surface area contributed by atoms with Crippen molar-refractivity contribution >= 4 is 33.2 Å². The van der Waals surface area contributed by atoms with Gasteiger partial charge < -0.3 is 5.32 Å². The summed E-state index contributed by atoms with van der Waals surface area (Å²) in [4.78, 5) is 16.2. The summed E-state index contributed by atoms with van der Waals surface area (Å²) in [5, 5.41) is 5.22. The molecule has 1 aliphatic rings. The molecule has 23 heavy (non-hydrogen) atoms. The molecule has 1 aromatic heterocycles. The van der Waals surface area contributed by atoms with Crippen LogP contribution in [0.5, 0.6) is 0 Å². The Balaban J connectivity index is 1.42. The molecule has 2 aromatic rings. The molecule has 0 aliphatic carbocycles. The zero-order chi connectivity index (χ0) is 16.1. The van der Waals surface area contributed by atoms with Gasteiger partial charge in [0.05, 0.1) is 5.56 Å². The third-order valence-electron chi connectivity index (χ3n) is 4.34. The maximum absolute atomic E-state index is 12.2. The van der Waals surface area contributed by atoms with Crippen molar-refractivity contribution in [3.05, 3.63) is 56.7 Å². The van der Waals surface area contributed by atoms with Crippen molar-refractivity contribution in [3.8, 4) is 0 Å². The minimum Gasteiger partial charge on any atom is -0.352 e. The normalized spacial score (nSPS) is 16.4. The summed E-state index contributed by atoms with van der Waals surface area (Å²) in [6.45, 7) is 4.07. The zero-order valence-corrected chi connectivity index (χ0v) is 15.4. The highest BCUT2D eigenvalue weighted by atomic mass is 79.9. The monoisotopic (exact) mass is 392 g/mol. The fraction of sp³-hybridized carbons (Fsp3) is 0.389. The summed E-state index contributed by atoms with van der Waals surface area (Å²) < 4.78 is 0.850. The van der Waals surface area contributed by atoms with Crippen LogP contribution in [0.25, 0.3) is 0 Å². The number of carbonyl (C=O) groups is 1.